The predicted octanol–water partition coefficient (Wildman–Crippen LogP) is 1.88. The number of hydrogen-bond donors (Lipinski definition) is 3. The molecule has 0 bridgehead atoms. The fourth-order valence-electron chi connectivity index (χ4n) is 3.11. The molecule has 1 aromatic rings. The molecule has 10 nitrogen and oxygen atoms in total. The summed E-state index contributed by atoms with van der Waals surface area (Å²) in [5, 5.41) is 16.6. The van der Waals surface area contributed by atoms with Gasteiger partial charge in [0.2, 0.25) is 0 Å². The summed E-state index contributed by atoms with van der Waals surface area (Å²) >= 11 is 1.19. The van der Waals surface area contributed by atoms with Crippen LogP contribution < -0.4 is 10.6 Å². The standard InChI is InChI=1S/C19H27N5O5S2/c1-10-7-8-12(29-10)15(19(2,3)4)21-17-16(22-31(27,28)23-17)20-11-9-30-14(13(11)25)18(26)24(5)6/h7-8,11,15,25H,9H2,1-6H3,(H,20,22)(H,21,23)/t11?,15-/m0/s1. The van der Waals surface area contributed by atoms with E-state index in [1.165, 1.54) is 16.7 Å². The van der Waals surface area contributed by atoms with E-state index >= 15 is 0 Å². The van der Waals surface area contributed by atoms with Crippen molar-refractivity contribution in [2.45, 2.75) is 39.8 Å². The van der Waals surface area contributed by atoms with Crippen molar-refractivity contribution in [2.24, 2.45) is 14.2 Å². The Bertz CT molecular complexity index is 1080. The van der Waals surface area contributed by atoms with Gasteiger partial charge in [0, 0.05) is 19.8 Å². The van der Waals surface area contributed by atoms with Crippen molar-refractivity contribution in [1.82, 2.24) is 15.5 Å². The molecule has 2 atom stereocenters. The van der Waals surface area contributed by atoms with Gasteiger partial charge in [-0.2, -0.15) is 8.42 Å². The zero-order valence-corrected chi connectivity index (χ0v) is 19.9. The molecule has 3 rings (SSSR count). The Morgan fingerprint density at radius 2 is 1.94 bits per heavy atom. The van der Waals surface area contributed by atoms with E-state index in [1.54, 1.807) is 14.1 Å². The smallest absolute Gasteiger partial charge is 0.367 e. The number of furan rings is 1. The Morgan fingerprint density at radius 1 is 1.29 bits per heavy atom. The van der Waals surface area contributed by atoms with Crippen LogP contribution in [0, 0.1) is 12.3 Å². The van der Waals surface area contributed by atoms with Crippen LogP contribution in [0.2, 0.25) is 0 Å². The van der Waals surface area contributed by atoms with Crippen LogP contribution in [0.3, 0.4) is 0 Å². The fraction of sp³-hybridized carbons (Fsp3) is 0.526. The molecular weight excluding hydrogens is 442 g/mol. The van der Waals surface area contributed by atoms with Crippen molar-refractivity contribution < 1.29 is 22.7 Å². The van der Waals surface area contributed by atoms with Crippen LogP contribution in [0.15, 0.2) is 36.0 Å². The van der Waals surface area contributed by atoms with Crippen LogP contribution in [0.4, 0.5) is 0 Å². The SMILES string of the molecule is Cc1ccc([C@H](NC2=NS(=O)(=O)N=C2NC2CSC(C(=O)N(C)C)=C2O)C(C)(C)C)o1. The van der Waals surface area contributed by atoms with Gasteiger partial charge in [-0.1, -0.05) is 20.8 Å². The summed E-state index contributed by atoms with van der Waals surface area (Å²) in [7, 11) is -0.890. The summed E-state index contributed by atoms with van der Waals surface area (Å²) < 4.78 is 37.4. The summed E-state index contributed by atoms with van der Waals surface area (Å²) in [6, 6.07) is 2.58. The molecule has 0 radical (unpaired) electrons. The minimum Gasteiger partial charge on any atom is -0.509 e. The van der Waals surface area contributed by atoms with Gasteiger partial charge in [-0.25, -0.2) is 0 Å². The third-order valence-corrected chi connectivity index (χ3v) is 6.70. The fourth-order valence-corrected chi connectivity index (χ4v) is 5.07. The molecule has 12 heteroatoms. The highest BCUT2D eigenvalue weighted by Crippen LogP contribution is 2.35. The van der Waals surface area contributed by atoms with Gasteiger partial charge in [0.1, 0.15) is 22.2 Å². The Morgan fingerprint density at radius 3 is 2.48 bits per heavy atom. The van der Waals surface area contributed by atoms with E-state index in [0.29, 0.717) is 11.5 Å². The molecule has 31 heavy (non-hydrogen) atoms. The van der Waals surface area contributed by atoms with E-state index in [1.807, 2.05) is 39.8 Å². The molecule has 1 aromatic heterocycles. The van der Waals surface area contributed by atoms with Gasteiger partial charge in [-0.15, -0.1) is 20.6 Å². The molecule has 0 saturated carbocycles. The van der Waals surface area contributed by atoms with E-state index in [0.717, 1.165) is 5.76 Å². The lowest BCUT2D eigenvalue weighted by molar-refractivity contribution is -0.124. The minimum absolute atomic E-state index is 0.0202. The zero-order chi connectivity index (χ0) is 23.1. The highest BCUT2D eigenvalue weighted by Gasteiger charge is 2.37. The highest BCUT2D eigenvalue weighted by atomic mass is 32.2. The molecule has 170 valence electrons. The number of aliphatic hydroxyl groups excluding tert-OH is 1. The molecule has 0 fully saturated rings. The number of carbonyl (C=O) groups is 1. The number of carbonyl (C=O) groups excluding carboxylic acids is 1. The first-order chi connectivity index (χ1) is 14.3. The van der Waals surface area contributed by atoms with E-state index in [4.69, 9.17) is 4.42 Å². The van der Waals surface area contributed by atoms with Crippen molar-refractivity contribution in [3.63, 3.8) is 0 Å². The van der Waals surface area contributed by atoms with Crippen molar-refractivity contribution >= 4 is 39.5 Å². The Kier molecular flexibility index (Phi) is 6.16. The lowest BCUT2D eigenvalue weighted by atomic mass is 9.85. The molecular formula is C19H27N5O5S2. The van der Waals surface area contributed by atoms with Crippen molar-refractivity contribution in [3.8, 4) is 0 Å². The average molecular weight is 470 g/mol. The molecule has 1 unspecified atom stereocenters. The number of aryl methyl sites for hydroxylation is 1. The van der Waals surface area contributed by atoms with Crippen LogP contribution in [0.1, 0.15) is 38.3 Å². The summed E-state index contributed by atoms with van der Waals surface area (Å²) in [6.07, 6.45) is 0. The minimum atomic E-state index is -4.07. The maximum Gasteiger partial charge on any atom is 0.367 e. The monoisotopic (exact) mass is 469 g/mol. The van der Waals surface area contributed by atoms with E-state index in [-0.39, 0.29) is 33.7 Å². The van der Waals surface area contributed by atoms with Gasteiger partial charge in [-0.05, 0) is 24.5 Å². The van der Waals surface area contributed by atoms with Gasteiger partial charge >= 0.3 is 10.2 Å². The lowest BCUT2D eigenvalue weighted by Gasteiger charge is -2.30. The second-order valence-electron chi connectivity index (χ2n) is 8.64. The Hall–Kier alpha value is -2.47. The summed E-state index contributed by atoms with van der Waals surface area (Å²) in [5.41, 5.74) is -0.346. The van der Waals surface area contributed by atoms with Crippen LogP contribution in [-0.4, -0.2) is 61.9 Å². The van der Waals surface area contributed by atoms with Gasteiger partial charge in [0.05, 0.1) is 12.1 Å². The number of thioether (sulfide) groups is 1. The average Bonchev–Trinajstić information content (AvgIpc) is 3.29. The number of likely N-dealkylation sites (N-methyl/N-ethyl adjacent to an activating group) is 1. The third-order valence-electron chi connectivity index (χ3n) is 4.70. The molecule has 0 saturated heterocycles. The molecule has 3 heterocycles. The molecule has 0 aromatic carbocycles. The number of aliphatic hydroxyl groups is 1. The summed E-state index contributed by atoms with van der Waals surface area (Å²) in [6.45, 7) is 7.78. The number of nitrogens with one attached hydrogen (secondary N) is 2. The zero-order valence-electron chi connectivity index (χ0n) is 18.3. The predicted molar refractivity (Wildman–Crippen MR) is 120 cm³/mol. The second-order valence-corrected chi connectivity index (χ2v) is 10.9. The topological polar surface area (TPSA) is 137 Å². The van der Waals surface area contributed by atoms with Crippen molar-refractivity contribution in [1.29, 1.82) is 0 Å². The van der Waals surface area contributed by atoms with Gasteiger partial charge in [0.25, 0.3) is 5.91 Å². The largest absolute Gasteiger partial charge is 0.509 e. The molecule has 0 aliphatic carbocycles. The molecule has 3 N–H and O–H groups in total. The summed E-state index contributed by atoms with van der Waals surface area (Å²) in [4.78, 5) is 13.8. The molecule has 0 spiro atoms. The van der Waals surface area contributed by atoms with Crippen LogP contribution in [0.25, 0.3) is 0 Å². The first kappa shape index (κ1) is 23.2. The third kappa shape index (κ3) is 5.06. The quantitative estimate of drug-likeness (QED) is 0.608. The Balaban J connectivity index is 1.86. The van der Waals surface area contributed by atoms with Gasteiger partial charge in [0.15, 0.2) is 11.7 Å². The maximum absolute atomic E-state index is 12.2. The number of rotatable bonds is 4. The van der Waals surface area contributed by atoms with Crippen molar-refractivity contribution in [3.05, 3.63) is 34.3 Å². The molecule has 1 amide bonds. The van der Waals surface area contributed by atoms with Crippen LogP contribution in [-0.2, 0) is 15.0 Å². The normalized spacial score (nSPS) is 21.5. The number of hydrogen-bond acceptors (Lipinski definition) is 8. The van der Waals surface area contributed by atoms with E-state index < -0.39 is 22.3 Å². The van der Waals surface area contributed by atoms with Gasteiger partial charge in [-0.3, -0.25) is 4.79 Å². The van der Waals surface area contributed by atoms with Crippen molar-refractivity contribution in [2.75, 3.05) is 19.8 Å². The highest BCUT2D eigenvalue weighted by molar-refractivity contribution is 8.04. The number of amides is 1. The number of nitrogens with zero attached hydrogens (tertiary/aromatic N) is 3. The van der Waals surface area contributed by atoms with Crippen LogP contribution in [0.5, 0.6) is 0 Å². The second kappa shape index (κ2) is 8.23. The van der Waals surface area contributed by atoms with Crippen LogP contribution >= 0.6 is 11.8 Å². The van der Waals surface area contributed by atoms with E-state index in [2.05, 4.69) is 19.4 Å². The van der Waals surface area contributed by atoms with E-state index in [9.17, 15) is 18.3 Å². The molecule has 2 aliphatic heterocycles. The maximum atomic E-state index is 12.2. The van der Waals surface area contributed by atoms with Gasteiger partial charge < -0.3 is 25.1 Å². The first-order valence-corrected chi connectivity index (χ1v) is 12.0. The number of amidine groups is 2. The molecule has 2 aliphatic rings. The summed E-state index contributed by atoms with van der Waals surface area (Å²) in [5.74, 6) is 1.24. The Labute approximate surface area is 186 Å². The first-order valence-electron chi connectivity index (χ1n) is 9.60. The lowest BCUT2D eigenvalue weighted by Crippen LogP contribution is -2.47.